The molecule has 2 aromatic rings. The van der Waals surface area contributed by atoms with Crippen LogP contribution in [0.2, 0.25) is 0 Å². The summed E-state index contributed by atoms with van der Waals surface area (Å²) in [7, 11) is 0. The van der Waals surface area contributed by atoms with Gasteiger partial charge in [0.25, 0.3) is 0 Å². The van der Waals surface area contributed by atoms with Gasteiger partial charge in [0, 0.05) is 25.4 Å². The smallest absolute Gasteiger partial charge is 0.407 e. The first kappa shape index (κ1) is 22.8. The quantitative estimate of drug-likeness (QED) is 0.509. The number of carboxylic acid groups (broad SMARTS) is 1. The number of nitrogens with one attached hydrogen (secondary N) is 2. The summed E-state index contributed by atoms with van der Waals surface area (Å²) in [6.07, 6.45) is 1.68. The number of fused-ring (bicyclic) bond motifs is 3. The summed E-state index contributed by atoms with van der Waals surface area (Å²) in [6.45, 7) is 2.79. The van der Waals surface area contributed by atoms with Gasteiger partial charge in [0.1, 0.15) is 6.61 Å². The Bertz CT molecular complexity index is 1000. The first-order chi connectivity index (χ1) is 15.9. The third-order valence-corrected chi connectivity index (χ3v) is 6.72. The van der Waals surface area contributed by atoms with Crippen LogP contribution in [0.15, 0.2) is 48.5 Å². The molecule has 2 aliphatic carbocycles. The number of benzene rings is 2. The third-order valence-electron chi connectivity index (χ3n) is 6.72. The topological polar surface area (TPSA) is 105 Å². The molecule has 3 N–H and O–H groups in total. The molecular formula is C26H30N2O5. The van der Waals surface area contributed by atoms with Gasteiger partial charge in [-0.25, -0.2) is 4.79 Å². The average Bonchev–Trinajstić information content (AvgIpc) is 3.54. The van der Waals surface area contributed by atoms with Gasteiger partial charge >= 0.3 is 12.1 Å². The molecule has 7 nitrogen and oxygen atoms in total. The Kier molecular flexibility index (Phi) is 6.67. The van der Waals surface area contributed by atoms with Crippen molar-refractivity contribution in [2.24, 2.45) is 11.3 Å². The summed E-state index contributed by atoms with van der Waals surface area (Å²) in [6, 6.07) is 16.4. The zero-order valence-corrected chi connectivity index (χ0v) is 18.8. The minimum atomic E-state index is -0.844. The van der Waals surface area contributed by atoms with Gasteiger partial charge in [-0.15, -0.1) is 0 Å². The van der Waals surface area contributed by atoms with Gasteiger partial charge in [-0.3, -0.25) is 9.59 Å². The molecule has 0 radical (unpaired) electrons. The van der Waals surface area contributed by atoms with Crippen LogP contribution in [0.4, 0.5) is 4.79 Å². The lowest BCUT2D eigenvalue weighted by Gasteiger charge is -2.16. The molecule has 0 heterocycles. The van der Waals surface area contributed by atoms with E-state index in [9.17, 15) is 19.5 Å². The Morgan fingerprint density at radius 1 is 1.03 bits per heavy atom. The van der Waals surface area contributed by atoms with Gasteiger partial charge in [-0.2, -0.15) is 0 Å². The molecule has 0 aliphatic heterocycles. The zero-order valence-electron chi connectivity index (χ0n) is 18.8. The molecule has 0 aromatic heterocycles. The van der Waals surface area contributed by atoms with Crippen molar-refractivity contribution >= 4 is 18.0 Å². The van der Waals surface area contributed by atoms with Gasteiger partial charge in [-0.1, -0.05) is 55.5 Å². The molecule has 174 valence electrons. The van der Waals surface area contributed by atoms with E-state index < -0.39 is 17.5 Å². The summed E-state index contributed by atoms with van der Waals surface area (Å²) in [4.78, 5) is 35.5. The number of alkyl carbamates (subject to hydrolysis) is 1. The maximum Gasteiger partial charge on any atom is 0.407 e. The van der Waals surface area contributed by atoms with E-state index in [1.165, 1.54) is 22.3 Å². The van der Waals surface area contributed by atoms with Crippen LogP contribution in [0.3, 0.4) is 0 Å². The van der Waals surface area contributed by atoms with Crippen LogP contribution in [0.25, 0.3) is 11.1 Å². The molecule has 0 spiro atoms. The molecule has 2 amide bonds. The van der Waals surface area contributed by atoms with Crippen molar-refractivity contribution in [2.75, 3.05) is 19.7 Å². The maximum atomic E-state index is 12.2. The van der Waals surface area contributed by atoms with E-state index in [4.69, 9.17) is 4.74 Å². The number of hydrogen-bond donors (Lipinski definition) is 3. The standard InChI is InChI=1S/C26H30N2O5/c1-17(14-23(29)28-16-26(11-12-26)24(30)31)10-13-27-25(32)33-15-22-20-8-4-2-6-18(20)19-7-3-5-9-21(19)22/h2-9,17,22H,10-16H2,1H3,(H,27,32)(H,28,29)(H,30,31). The first-order valence-electron chi connectivity index (χ1n) is 11.5. The van der Waals surface area contributed by atoms with Crippen LogP contribution in [0.5, 0.6) is 0 Å². The van der Waals surface area contributed by atoms with Crippen LogP contribution in [0.1, 0.15) is 49.7 Å². The Labute approximate surface area is 193 Å². The molecule has 33 heavy (non-hydrogen) atoms. The highest BCUT2D eigenvalue weighted by Crippen LogP contribution is 2.45. The summed E-state index contributed by atoms with van der Waals surface area (Å²) < 4.78 is 5.52. The molecule has 2 aromatic carbocycles. The van der Waals surface area contributed by atoms with Gasteiger partial charge in [0.15, 0.2) is 0 Å². The summed E-state index contributed by atoms with van der Waals surface area (Å²) in [5.74, 6) is -0.926. The van der Waals surface area contributed by atoms with Crippen LogP contribution in [-0.2, 0) is 14.3 Å². The fraction of sp³-hybridized carbons (Fsp3) is 0.423. The average molecular weight is 451 g/mol. The Balaban J connectivity index is 1.18. The Hall–Kier alpha value is -3.35. The van der Waals surface area contributed by atoms with E-state index in [2.05, 4.69) is 34.9 Å². The van der Waals surface area contributed by atoms with Crippen LogP contribution in [-0.4, -0.2) is 42.8 Å². The predicted molar refractivity (Wildman–Crippen MR) is 124 cm³/mol. The molecule has 0 bridgehead atoms. The number of aliphatic carboxylic acids is 1. The van der Waals surface area contributed by atoms with Crippen molar-refractivity contribution in [1.29, 1.82) is 0 Å². The van der Waals surface area contributed by atoms with E-state index in [1.807, 2.05) is 31.2 Å². The van der Waals surface area contributed by atoms with Gasteiger partial charge < -0.3 is 20.5 Å². The van der Waals surface area contributed by atoms with Crippen molar-refractivity contribution < 1.29 is 24.2 Å². The van der Waals surface area contributed by atoms with Gasteiger partial charge in [-0.05, 0) is 47.4 Å². The highest BCUT2D eigenvalue weighted by Gasteiger charge is 2.50. The second-order valence-corrected chi connectivity index (χ2v) is 9.21. The maximum absolute atomic E-state index is 12.2. The Morgan fingerprint density at radius 2 is 1.64 bits per heavy atom. The van der Waals surface area contributed by atoms with E-state index in [-0.39, 0.29) is 30.9 Å². The number of rotatable bonds is 10. The van der Waals surface area contributed by atoms with Gasteiger partial charge in [0.05, 0.1) is 5.41 Å². The molecule has 1 unspecified atom stereocenters. The van der Waals surface area contributed by atoms with Gasteiger partial charge in [0.2, 0.25) is 5.91 Å². The highest BCUT2D eigenvalue weighted by molar-refractivity contribution is 5.81. The third kappa shape index (κ3) is 5.18. The lowest BCUT2D eigenvalue weighted by molar-refractivity contribution is -0.143. The second kappa shape index (κ2) is 9.65. The molecule has 0 saturated heterocycles. The second-order valence-electron chi connectivity index (χ2n) is 9.21. The Morgan fingerprint density at radius 3 is 2.21 bits per heavy atom. The first-order valence-corrected chi connectivity index (χ1v) is 11.5. The number of ether oxygens (including phenoxy) is 1. The minimum absolute atomic E-state index is 0.0198. The number of hydrogen-bond acceptors (Lipinski definition) is 4. The molecule has 7 heteroatoms. The number of amides is 2. The molecule has 4 rings (SSSR count). The molecule has 2 aliphatic rings. The number of carboxylic acids is 1. The van der Waals surface area contributed by atoms with E-state index in [0.717, 1.165) is 0 Å². The highest BCUT2D eigenvalue weighted by atomic mass is 16.5. The minimum Gasteiger partial charge on any atom is -0.481 e. The number of carbonyl (C=O) groups is 3. The van der Waals surface area contributed by atoms with E-state index in [0.29, 0.717) is 32.2 Å². The van der Waals surface area contributed by atoms with Crippen LogP contribution < -0.4 is 10.6 Å². The van der Waals surface area contributed by atoms with Crippen molar-refractivity contribution in [3.8, 4) is 11.1 Å². The van der Waals surface area contributed by atoms with Crippen molar-refractivity contribution in [1.82, 2.24) is 10.6 Å². The van der Waals surface area contributed by atoms with Crippen molar-refractivity contribution in [2.45, 2.75) is 38.5 Å². The predicted octanol–water partition coefficient (Wildman–Crippen LogP) is 3.92. The van der Waals surface area contributed by atoms with Crippen molar-refractivity contribution in [3.63, 3.8) is 0 Å². The molecular weight excluding hydrogens is 420 g/mol. The number of carbonyl (C=O) groups excluding carboxylic acids is 2. The van der Waals surface area contributed by atoms with E-state index in [1.54, 1.807) is 0 Å². The van der Waals surface area contributed by atoms with Crippen LogP contribution in [0, 0.1) is 11.3 Å². The van der Waals surface area contributed by atoms with Crippen molar-refractivity contribution in [3.05, 3.63) is 59.7 Å². The normalized spacial score (nSPS) is 16.3. The summed E-state index contributed by atoms with van der Waals surface area (Å²) in [5, 5.41) is 14.7. The fourth-order valence-electron chi connectivity index (χ4n) is 4.45. The van der Waals surface area contributed by atoms with E-state index >= 15 is 0 Å². The lowest BCUT2D eigenvalue weighted by Crippen LogP contribution is -2.35. The monoisotopic (exact) mass is 450 g/mol. The fourth-order valence-corrected chi connectivity index (χ4v) is 4.45. The zero-order chi connectivity index (χ0) is 23.4. The lowest BCUT2D eigenvalue weighted by atomic mass is 9.98. The molecule has 1 saturated carbocycles. The SMILES string of the molecule is CC(CCNC(=O)OCC1c2ccccc2-c2ccccc21)CC(=O)NCC1(C(=O)O)CC1. The summed E-state index contributed by atoms with van der Waals surface area (Å²) >= 11 is 0. The molecule has 1 fully saturated rings. The largest absolute Gasteiger partial charge is 0.481 e. The summed E-state index contributed by atoms with van der Waals surface area (Å²) in [5.41, 5.74) is 3.95. The molecule has 1 atom stereocenters. The van der Waals surface area contributed by atoms with Crippen LogP contribution >= 0.6 is 0 Å².